The Morgan fingerprint density at radius 2 is 1.88 bits per heavy atom. The lowest BCUT2D eigenvalue weighted by molar-refractivity contribution is 0.602. The van der Waals surface area contributed by atoms with Crippen LogP contribution in [0.15, 0.2) is 4.90 Å². The van der Waals surface area contributed by atoms with Crippen LogP contribution in [0.25, 0.3) is 0 Å². The SMILES string of the molecule is Cn1nc(N2CCCC2)c(S(C)(=O)=O)c1N. The van der Waals surface area contributed by atoms with Crippen LogP contribution in [0.4, 0.5) is 11.6 Å². The fourth-order valence-corrected chi connectivity index (χ4v) is 3.01. The molecule has 2 heterocycles. The Bertz CT molecular complexity index is 500. The second-order valence-electron chi connectivity index (χ2n) is 4.13. The normalized spacial score (nSPS) is 17.0. The van der Waals surface area contributed by atoms with Crippen molar-refractivity contribution in [2.24, 2.45) is 7.05 Å². The minimum atomic E-state index is -3.33. The number of sulfone groups is 1. The van der Waals surface area contributed by atoms with Gasteiger partial charge in [0, 0.05) is 26.4 Å². The van der Waals surface area contributed by atoms with E-state index in [9.17, 15) is 8.42 Å². The maximum atomic E-state index is 11.7. The van der Waals surface area contributed by atoms with Gasteiger partial charge in [0.2, 0.25) is 0 Å². The van der Waals surface area contributed by atoms with Crippen molar-refractivity contribution in [2.45, 2.75) is 17.7 Å². The summed E-state index contributed by atoms with van der Waals surface area (Å²) in [7, 11) is -1.67. The summed E-state index contributed by atoms with van der Waals surface area (Å²) in [5.74, 6) is 0.712. The van der Waals surface area contributed by atoms with E-state index in [-0.39, 0.29) is 10.7 Å². The number of aromatic nitrogens is 2. The average molecular weight is 244 g/mol. The maximum Gasteiger partial charge on any atom is 0.182 e. The maximum absolute atomic E-state index is 11.7. The molecule has 0 spiro atoms. The van der Waals surface area contributed by atoms with Crippen LogP contribution in [-0.2, 0) is 16.9 Å². The molecule has 0 atom stereocenters. The van der Waals surface area contributed by atoms with E-state index in [0.29, 0.717) is 5.82 Å². The third kappa shape index (κ3) is 1.75. The molecule has 1 saturated heterocycles. The van der Waals surface area contributed by atoms with Gasteiger partial charge in [-0.25, -0.2) is 13.1 Å². The molecule has 0 radical (unpaired) electrons. The van der Waals surface area contributed by atoms with E-state index in [1.54, 1.807) is 7.05 Å². The smallest absolute Gasteiger partial charge is 0.182 e. The highest BCUT2D eigenvalue weighted by Crippen LogP contribution is 2.31. The van der Waals surface area contributed by atoms with Gasteiger partial charge in [0.25, 0.3) is 0 Å². The van der Waals surface area contributed by atoms with Crippen molar-refractivity contribution in [3.05, 3.63) is 0 Å². The number of anilines is 2. The predicted octanol–water partition coefficient (Wildman–Crippen LogP) is 0.00600. The number of aryl methyl sites for hydroxylation is 1. The van der Waals surface area contributed by atoms with E-state index in [0.717, 1.165) is 25.9 Å². The van der Waals surface area contributed by atoms with Gasteiger partial charge in [-0.05, 0) is 12.8 Å². The zero-order valence-corrected chi connectivity index (χ0v) is 10.3. The molecule has 0 amide bonds. The number of hydrogen-bond acceptors (Lipinski definition) is 5. The molecule has 6 nitrogen and oxygen atoms in total. The van der Waals surface area contributed by atoms with Crippen LogP contribution in [0.2, 0.25) is 0 Å². The Morgan fingerprint density at radius 1 is 1.31 bits per heavy atom. The van der Waals surface area contributed by atoms with Gasteiger partial charge in [0.1, 0.15) is 5.82 Å². The predicted molar refractivity (Wildman–Crippen MR) is 62.2 cm³/mol. The molecule has 1 aromatic heterocycles. The number of nitrogens with two attached hydrogens (primary N) is 1. The molecule has 90 valence electrons. The van der Waals surface area contributed by atoms with Crippen LogP contribution in [0.1, 0.15) is 12.8 Å². The molecule has 7 heteroatoms. The zero-order valence-electron chi connectivity index (χ0n) is 9.47. The molecular weight excluding hydrogens is 228 g/mol. The van der Waals surface area contributed by atoms with Crippen molar-refractivity contribution < 1.29 is 8.42 Å². The lowest BCUT2D eigenvalue weighted by atomic mass is 10.4. The second-order valence-corrected chi connectivity index (χ2v) is 6.08. The fourth-order valence-electron chi connectivity index (χ4n) is 1.99. The highest BCUT2D eigenvalue weighted by molar-refractivity contribution is 7.91. The van der Waals surface area contributed by atoms with E-state index in [4.69, 9.17) is 5.73 Å². The van der Waals surface area contributed by atoms with Gasteiger partial charge in [0.05, 0.1) is 0 Å². The highest BCUT2D eigenvalue weighted by atomic mass is 32.2. The molecule has 1 aliphatic rings. The first-order chi connectivity index (χ1) is 7.41. The monoisotopic (exact) mass is 244 g/mol. The quantitative estimate of drug-likeness (QED) is 0.792. The minimum absolute atomic E-state index is 0.164. The van der Waals surface area contributed by atoms with Gasteiger partial charge in [0.15, 0.2) is 20.6 Å². The molecular formula is C9H16N4O2S. The Kier molecular flexibility index (Phi) is 2.57. The van der Waals surface area contributed by atoms with Gasteiger partial charge < -0.3 is 10.6 Å². The summed E-state index contributed by atoms with van der Waals surface area (Å²) in [4.78, 5) is 2.14. The van der Waals surface area contributed by atoms with Crippen molar-refractivity contribution in [2.75, 3.05) is 30.0 Å². The van der Waals surface area contributed by atoms with Crippen molar-refractivity contribution in [1.29, 1.82) is 0 Å². The minimum Gasteiger partial charge on any atom is -0.383 e. The van der Waals surface area contributed by atoms with E-state index in [1.165, 1.54) is 10.9 Å². The van der Waals surface area contributed by atoms with E-state index < -0.39 is 9.84 Å². The van der Waals surface area contributed by atoms with Crippen LogP contribution < -0.4 is 10.6 Å². The third-order valence-corrected chi connectivity index (χ3v) is 3.94. The summed E-state index contributed by atoms with van der Waals surface area (Å²) < 4.78 is 24.8. The summed E-state index contributed by atoms with van der Waals surface area (Å²) in [6.07, 6.45) is 3.30. The lowest BCUT2D eigenvalue weighted by Crippen LogP contribution is -2.20. The third-order valence-electron chi connectivity index (χ3n) is 2.81. The summed E-state index contributed by atoms with van der Waals surface area (Å²) in [5, 5.41) is 4.20. The van der Waals surface area contributed by atoms with E-state index in [2.05, 4.69) is 5.10 Å². The molecule has 0 saturated carbocycles. The van der Waals surface area contributed by atoms with Crippen LogP contribution in [0, 0.1) is 0 Å². The molecule has 2 N–H and O–H groups in total. The number of nitrogen functional groups attached to an aromatic ring is 1. The second kappa shape index (κ2) is 3.65. The number of hydrogen-bond donors (Lipinski definition) is 1. The Morgan fingerprint density at radius 3 is 2.38 bits per heavy atom. The molecule has 0 unspecified atom stereocenters. The van der Waals surface area contributed by atoms with Gasteiger partial charge in [-0.2, -0.15) is 5.10 Å². The van der Waals surface area contributed by atoms with Gasteiger partial charge >= 0.3 is 0 Å². The molecule has 1 fully saturated rings. The summed E-state index contributed by atoms with van der Waals surface area (Å²) in [5.41, 5.74) is 5.75. The molecule has 1 aromatic rings. The van der Waals surface area contributed by atoms with Crippen LogP contribution in [0.5, 0.6) is 0 Å². The van der Waals surface area contributed by atoms with Crippen LogP contribution >= 0.6 is 0 Å². The van der Waals surface area contributed by atoms with Crippen LogP contribution in [-0.4, -0.2) is 37.5 Å². The van der Waals surface area contributed by atoms with Gasteiger partial charge in [-0.3, -0.25) is 0 Å². The largest absolute Gasteiger partial charge is 0.383 e. The van der Waals surface area contributed by atoms with E-state index >= 15 is 0 Å². The standard InChI is InChI=1S/C9H16N4O2S/c1-12-8(10)7(16(2,14)15)9(11-12)13-5-3-4-6-13/h3-6,10H2,1-2H3. The Labute approximate surface area is 94.9 Å². The molecule has 0 aliphatic carbocycles. The van der Waals surface area contributed by atoms with Crippen molar-refractivity contribution in [3.8, 4) is 0 Å². The van der Waals surface area contributed by atoms with E-state index in [1.807, 2.05) is 4.90 Å². The van der Waals surface area contributed by atoms with Crippen molar-refractivity contribution >= 4 is 21.5 Å². The van der Waals surface area contributed by atoms with Crippen molar-refractivity contribution in [1.82, 2.24) is 9.78 Å². The zero-order chi connectivity index (χ0) is 11.9. The lowest BCUT2D eigenvalue weighted by Gasteiger charge is -2.15. The number of rotatable bonds is 2. The molecule has 16 heavy (non-hydrogen) atoms. The first kappa shape index (κ1) is 11.3. The molecule has 0 bridgehead atoms. The first-order valence-electron chi connectivity index (χ1n) is 5.18. The molecule has 1 aliphatic heterocycles. The van der Waals surface area contributed by atoms with Crippen LogP contribution in [0.3, 0.4) is 0 Å². The van der Waals surface area contributed by atoms with Gasteiger partial charge in [-0.15, -0.1) is 0 Å². The Balaban J connectivity index is 2.56. The summed E-state index contributed by atoms with van der Waals surface area (Å²) in [6, 6.07) is 0. The summed E-state index contributed by atoms with van der Waals surface area (Å²) in [6.45, 7) is 1.69. The number of nitrogens with zero attached hydrogens (tertiary/aromatic N) is 3. The first-order valence-corrected chi connectivity index (χ1v) is 7.08. The highest BCUT2D eigenvalue weighted by Gasteiger charge is 2.28. The topological polar surface area (TPSA) is 81.2 Å². The van der Waals surface area contributed by atoms with Crippen molar-refractivity contribution in [3.63, 3.8) is 0 Å². The Hall–Kier alpha value is -1.24. The summed E-state index contributed by atoms with van der Waals surface area (Å²) >= 11 is 0. The molecule has 2 rings (SSSR count). The average Bonchev–Trinajstić information content (AvgIpc) is 2.73. The van der Waals surface area contributed by atoms with Gasteiger partial charge in [-0.1, -0.05) is 0 Å². The molecule has 0 aromatic carbocycles. The fraction of sp³-hybridized carbons (Fsp3) is 0.667.